The first-order valence-corrected chi connectivity index (χ1v) is 6.43. The summed E-state index contributed by atoms with van der Waals surface area (Å²) in [5, 5.41) is 49.7. The van der Waals surface area contributed by atoms with Crippen LogP contribution in [0.25, 0.3) is 10.9 Å². The molecule has 0 aliphatic heterocycles. The summed E-state index contributed by atoms with van der Waals surface area (Å²) >= 11 is 0. The summed E-state index contributed by atoms with van der Waals surface area (Å²) in [5.74, 6) is -2.99. The Morgan fingerprint density at radius 2 is 1.25 bits per heavy atom. The molecular weight excluding hydrogens is 262 g/mol. The van der Waals surface area contributed by atoms with Crippen molar-refractivity contribution in [3.8, 4) is 23.0 Å². The molecule has 0 spiro atoms. The number of phenols is 4. The third kappa shape index (κ3) is 1.64. The Morgan fingerprint density at radius 3 is 1.70 bits per heavy atom. The molecule has 0 radical (unpaired) electrons. The molecule has 6 heteroatoms. The Bertz CT molecular complexity index is 685. The highest BCUT2D eigenvalue weighted by Gasteiger charge is 2.30. The molecule has 0 atom stereocenters. The van der Waals surface area contributed by atoms with E-state index in [1.807, 2.05) is 27.7 Å². The van der Waals surface area contributed by atoms with Gasteiger partial charge < -0.3 is 25.6 Å². The van der Waals surface area contributed by atoms with E-state index in [2.05, 4.69) is 0 Å². The van der Waals surface area contributed by atoms with Gasteiger partial charge in [-0.1, -0.05) is 27.7 Å². The van der Waals surface area contributed by atoms with Crippen molar-refractivity contribution in [2.75, 3.05) is 0 Å². The van der Waals surface area contributed by atoms with Crippen molar-refractivity contribution in [1.82, 2.24) is 4.73 Å². The Hall–Kier alpha value is -2.24. The SMILES string of the molecule is CC(C)c1c(C(C)C)n(O)c2c(O)c(O)c(O)c(O)c12. The predicted molar refractivity (Wildman–Crippen MR) is 74.0 cm³/mol. The molecule has 2 aromatic rings. The molecule has 20 heavy (non-hydrogen) atoms. The molecule has 0 unspecified atom stereocenters. The van der Waals surface area contributed by atoms with Crippen molar-refractivity contribution in [1.29, 1.82) is 0 Å². The number of nitrogens with zero attached hydrogens (tertiary/aromatic N) is 1. The number of aromatic nitrogens is 1. The zero-order valence-corrected chi connectivity index (χ0v) is 11.8. The number of aromatic hydroxyl groups is 4. The van der Waals surface area contributed by atoms with E-state index in [1.54, 1.807) is 0 Å². The first-order chi connectivity index (χ1) is 9.20. The topological polar surface area (TPSA) is 106 Å². The molecule has 1 aromatic heterocycles. The van der Waals surface area contributed by atoms with E-state index in [9.17, 15) is 25.6 Å². The van der Waals surface area contributed by atoms with Crippen LogP contribution in [-0.2, 0) is 0 Å². The molecule has 2 rings (SSSR count). The maximum Gasteiger partial charge on any atom is 0.206 e. The van der Waals surface area contributed by atoms with Gasteiger partial charge in [0.1, 0.15) is 5.52 Å². The molecule has 1 heterocycles. The second-order valence-electron chi connectivity index (χ2n) is 5.54. The van der Waals surface area contributed by atoms with Gasteiger partial charge in [-0.3, -0.25) is 0 Å². The molecule has 1 aromatic carbocycles. The minimum absolute atomic E-state index is 0.0578. The third-order valence-electron chi connectivity index (χ3n) is 3.48. The second kappa shape index (κ2) is 4.40. The fourth-order valence-electron chi connectivity index (χ4n) is 2.65. The van der Waals surface area contributed by atoms with Gasteiger partial charge in [-0.05, 0) is 17.4 Å². The second-order valence-corrected chi connectivity index (χ2v) is 5.54. The van der Waals surface area contributed by atoms with Crippen LogP contribution in [0.2, 0.25) is 0 Å². The van der Waals surface area contributed by atoms with Crippen molar-refractivity contribution < 1.29 is 25.6 Å². The van der Waals surface area contributed by atoms with Crippen LogP contribution >= 0.6 is 0 Å². The van der Waals surface area contributed by atoms with E-state index < -0.39 is 23.0 Å². The Morgan fingerprint density at radius 1 is 0.750 bits per heavy atom. The maximum absolute atomic E-state index is 10.3. The van der Waals surface area contributed by atoms with Crippen LogP contribution in [-0.4, -0.2) is 30.4 Å². The molecule has 110 valence electrons. The largest absolute Gasteiger partial charge is 0.504 e. The van der Waals surface area contributed by atoms with E-state index in [1.165, 1.54) is 0 Å². The number of phenolic OH excluding ortho intramolecular Hbond substituents is 4. The lowest BCUT2D eigenvalue weighted by Gasteiger charge is -2.12. The van der Waals surface area contributed by atoms with Gasteiger partial charge in [0.15, 0.2) is 11.5 Å². The normalized spacial score (nSPS) is 11.9. The van der Waals surface area contributed by atoms with E-state index in [0.717, 1.165) is 4.73 Å². The van der Waals surface area contributed by atoms with Crippen LogP contribution < -0.4 is 0 Å². The van der Waals surface area contributed by atoms with E-state index in [0.29, 0.717) is 11.3 Å². The zero-order chi connectivity index (χ0) is 15.4. The Balaban J connectivity index is 3.12. The summed E-state index contributed by atoms with van der Waals surface area (Å²) in [4.78, 5) is 0. The minimum atomic E-state index is -0.853. The Labute approximate surface area is 116 Å². The molecular formula is C14H19NO5. The quantitative estimate of drug-likeness (QED) is 0.330. The lowest BCUT2D eigenvalue weighted by molar-refractivity contribution is 0.185. The van der Waals surface area contributed by atoms with Crippen LogP contribution in [0.1, 0.15) is 50.8 Å². The van der Waals surface area contributed by atoms with Gasteiger partial charge >= 0.3 is 0 Å². The summed E-state index contributed by atoms with van der Waals surface area (Å²) in [7, 11) is 0. The highest BCUT2D eigenvalue weighted by molar-refractivity contribution is 5.99. The molecule has 0 fully saturated rings. The molecule has 0 saturated heterocycles. The van der Waals surface area contributed by atoms with Gasteiger partial charge in [-0.2, -0.15) is 4.73 Å². The fraction of sp³-hybridized carbons (Fsp3) is 0.429. The third-order valence-corrected chi connectivity index (χ3v) is 3.48. The number of hydrogen-bond donors (Lipinski definition) is 5. The van der Waals surface area contributed by atoms with Crippen LogP contribution in [0, 0.1) is 0 Å². The van der Waals surface area contributed by atoms with Crippen LogP contribution in [0.4, 0.5) is 0 Å². The van der Waals surface area contributed by atoms with Crippen LogP contribution in [0.3, 0.4) is 0 Å². The minimum Gasteiger partial charge on any atom is -0.504 e. The fourth-order valence-corrected chi connectivity index (χ4v) is 2.65. The van der Waals surface area contributed by atoms with Gasteiger partial charge in [-0.25, -0.2) is 0 Å². The molecule has 0 aliphatic rings. The molecule has 5 N–H and O–H groups in total. The molecule has 0 aliphatic carbocycles. The van der Waals surface area contributed by atoms with Gasteiger partial charge in [0, 0.05) is 0 Å². The van der Waals surface area contributed by atoms with Gasteiger partial charge in [0.05, 0.1) is 11.1 Å². The molecule has 0 amide bonds. The zero-order valence-electron chi connectivity index (χ0n) is 11.8. The molecule has 6 nitrogen and oxygen atoms in total. The highest BCUT2D eigenvalue weighted by Crippen LogP contribution is 2.52. The van der Waals surface area contributed by atoms with E-state index in [4.69, 9.17) is 0 Å². The number of fused-ring (bicyclic) bond motifs is 1. The maximum atomic E-state index is 10.3. The van der Waals surface area contributed by atoms with E-state index >= 15 is 0 Å². The average molecular weight is 281 g/mol. The van der Waals surface area contributed by atoms with Crippen molar-refractivity contribution in [2.24, 2.45) is 0 Å². The van der Waals surface area contributed by atoms with E-state index in [-0.39, 0.29) is 22.7 Å². The summed E-state index contributed by atoms with van der Waals surface area (Å²) in [6.45, 7) is 7.48. The number of benzene rings is 1. The van der Waals surface area contributed by atoms with Crippen molar-refractivity contribution in [2.45, 2.75) is 39.5 Å². The molecule has 0 bridgehead atoms. The predicted octanol–water partition coefficient (Wildman–Crippen LogP) is 2.95. The van der Waals surface area contributed by atoms with Crippen LogP contribution in [0.5, 0.6) is 23.0 Å². The van der Waals surface area contributed by atoms with Gasteiger partial charge in [-0.15, -0.1) is 0 Å². The van der Waals surface area contributed by atoms with Crippen molar-refractivity contribution >= 4 is 10.9 Å². The summed E-state index contributed by atoms with van der Waals surface area (Å²) in [5.41, 5.74) is 1.04. The van der Waals surface area contributed by atoms with Gasteiger partial charge in [0.2, 0.25) is 11.5 Å². The summed E-state index contributed by atoms with van der Waals surface area (Å²) in [6, 6.07) is 0. The lowest BCUT2D eigenvalue weighted by atomic mass is 9.94. The highest BCUT2D eigenvalue weighted by atomic mass is 16.5. The first-order valence-electron chi connectivity index (χ1n) is 6.43. The monoisotopic (exact) mass is 281 g/mol. The van der Waals surface area contributed by atoms with Gasteiger partial charge in [0.25, 0.3) is 0 Å². The van der Waals surface area contributed by atoms with Crippen molar-refractivity contribution in [3.05, 3.63) is 11.3 Å². The smallest absolute Gasteiger partial charge is 0.206 e. The van der Waals surface area contributed by atoms with Crippen molar-refractivity contribution in [3.63, 3.8) is 0 Å². The Kier molecular flexibility index (Phi) is 3.12. The number of hydrogen-bond acceptors (Lipinski definition) is 5. The standard InChI is InChI=1S/C14H19NO5/c1-5(2)7-8-10(15(20)9(7)6(3)4)12(17)14(19)13(18)11(8)16/h5-6,16-20H,1-4H3. The van der Waals surface area contributed by atoms with Crippen LogP contribution in [0.15, 0.2) is 0 Å². The summed E-state index contributed by atoms with van der Waals surface area (Å²) in [6.07, 6.45) is 0. The summed E-state index contributed by atoms with van der Waals surface area (Å²) < 4.78 is 0.767. The average Bonchev–Trinajstić information content (AvgIpc) is 2.67. The molecule has 0 saturated carbocycles. The first kappa shape index (κ1) is 14.2. The number of rotatable bonds is 2. The lowest BCUT2D eigenvalue weighted by Crippen LogP contribution is -2.03.